The van der Waals surface area contributed by atoms with Gasteiger partial charge in [-0.3, -0.25) is 9.59 Å². The standard InChI is InChI=1S/C9H8Br2O3/c10-6-2-1-3(7(6)11)5-4(2)8(12)14-9(5)13/h2-7H,1H2/t2-,3-,4-,5-,6-,7+/m1/s1. The topological polar surface area (TPSA) is 43.4 Å². The normalized spacial score (nSPS) is 55.0. The first-order valence-corrected chi connectivity index (χ1v) is 6.48. The van der Waals surface area contributed by atoms with E-state index in [0.717, 1.165) is 6.42 Å². The number of hydrogen-bond donors (Lipinski definition) is 0. The molecule has 0 unspecified atom stereocenters. The molecule has 2 bridgehead atoms. The van der Waals surface area contributed by atoms with E-state index < -0.39 is 0 Å². The number of halogens is 2. The second-order valence-corrected chi connectivity index (χ2v) is 6.36. The predicted molar refractivity (Wildman–Crippen MR) is 55.1 cm³/mol. The smallest absolute Gasteiger partial charge is 0.317 e. The monoisotopic (exact) mass is 322 g/mol. The Bertz CT molecular complexity index is 300. The zero-order valence-corrected chi connectivity index (χ0v) is 10.3. The van der Waals surface area contributed by atoms with Gasteiger partial charge in [0.15, 0.2) is 0 Å². The molecule has 1 aliphatic heterocycles. The molecule has 0 N–H and O–H groups in total. The van der Waals surface area contributed by atoms with Gasteiger partial charge in [-0.1, -0.05) is 31.9 Å². The first-order chi connectivity index (χ1) is 6.61. The van der Waals surface area contributed by atoms with Crippen LogP contribution in [0.3, 0.4) is 0 Å². The fourth-order valence-corrected chi connectivity index (χ4v) is 5.02. The highest BCUT2D eigenvalue weighted by molar-refractivity contribution is 9.12. The molecule has 76 valence electrons. The summed E-state index contributed by atoms with van der Waals surface area (Å²) in [6.07, 6.45) is 0.960. The largest absolute Gasteiger partial charge is 0.393 e. The van der Waals surface area contributed by atoms with E-state index in [1.54, 1.807) is 0 Å². The molecule has 3 rings (SSSR count). The van der Waals surface area contributed by atoms with Crippen LogP contribution in [0.25, 0.3) is 0 Å². The maximum atomic E-state index is 11.4. The van der Waals surface area contributed by atoms with E-state index in [1.807, 2.05) is 0 Å². The summed E-state index contributed by atoms with van der Waals surface area (Å²) < 4.78 is 4.69. The summed E-state index contributed by atoms with van der Waals surface area (Å²) in [7, 11) is 0. The Morgan fingerprint density at radius 2 is 1.43 bits per heavy atom. The molecule has 0 aromatic rings. The second kappa shape index (κ2) is 2.82. The average molecular weight is 324 g/mol. The number of carbonyl (C=O) groups is 2. The van der Waals surface area contributed by atoms with Gasteiger partial charge >= 0.3 is 11.9 Å². The van der Waals surface area contributed by atoms with Gasteiger partial charge in [0.25, 0.3) is 0 Å². The lowest BCUT2D eigenvalue weighted by Crippen LogP contribution is -2.37. The first kappa shape index (κ1) is 9.33. The fraction of sp³-hybridized carbons (Fsp3) is 0.778. The highest BCUT2D eigenvalue weighted by Gasteiger charge is 2.65. The van der Waals surface area contributed by atoms with Crippen LogP contribution in [0, 0.1) is 23.7 Å². The Hall–Kier alpha value is 0.1000. The van der Waals surface area contributed by atoms with E-state index in [4.69, 9.17) is 0 Å². The van der Waals surface area contributed by atoms with Crippen LogP contribution in [-0.4, -0.2) is 21.6 Å². The Balaban J connectivity index is 2.01. The van der Waals surface area contributed by atoms with Gasteiger partial charge in [-0.2, -0.15) is 0 Å². The van der Waals surface area contributed by atoms with Crippen LogP contribution >= 0.6 is 31.9 Å². The Kier molecular flexibility index (Phi) is 1.88. The van der Waals surface area contributed by atoms with Crippen molar-refractivity contribution >= 4 is 43.8 Å². The summed E-state index contributed by atoms with van der Waals surface area (Å²) in [5.41, 5.74) is 0. The lowest BCUT2D eigenvalue weighted by molar-refractivity contribution is -0.154. The molecule has 0 amide bonds. The summed E-state index contributed by atoms with van der Waals surface area (Å²) in [5, 5.41) is 0. The third-order valence-electron chi connectivity index (χ3n) is 3.72. The van der Waals surface area contributed by atoms with Crippen LogP contribution in [-0.2, 0) is 14.3 Å². The highest BCUT2D eigenvalue weighted by Crippen LogP contribution is 2.59. The summed E-state index contributed by atoms with van der Waals surface area (Å²) in [4.78, 5) is 23.5. The number of ether oxygens (including phenoxy) is 1. The van der Waals surface area contributed by atoms with Crippen LogP contribution in [0.2, 0.25) is 0 Å². The van der Waals surface area contributed by atoms with Gasteiger partial charge in [-0.15, -0.1) is 0 Å². The Morgan fingerprint density at radius 3 is 1.86 bits per heavy atom. The minimum absolute atomic E-state index is 0.175. The Labute approximate surface area is 97.8 Å². The van der Waals surface area contributed by atoms with Crippen molar-refractivity contribution < 1.29 is 14.3 Å². The molecular formula is C9H8Br2O3. The van der Waals surface area contributed by atoms with E-state index in [0.29, 0.717) is 9.65 Å². The van der Waals surface area contributed by atoms with Crippen molar-refractivity contribution in [2.75, 3.05) is 0 Å². The lowest BCUT2D eigenvalue weighted by atomic mass is 9.81. The second-order valence-electron chi connectivity index (χ2n) is 4.24. The van der Waals surface area contributed by atoms with E-state index >= 15 is 0 Å². The SMILES string of the molecule is O=C1OC(=O)[C@@H]2[C@H]3C[C@@H]([C@H](Br)[C@@H]3Br)[C@@H]12. The molecule has 2 aliphatic carbocycles. The van der Waals surface area contributed by atoms with Crippen molar-refractivity contribution in [3.63, 3.8) is 0 Å². The van der Waals surface area contributed by atoms with E-state index in [2.05, 4.69) is 36.6 Å². The minimum Gasteiger partial charge on any atom is -0.393 e. The number of fused-ring (bicyclic) bond motifs is 5. The van der Waals surface area contributed by atoms with Crippen LogP contribution in [0.5, 0.6) is 0 Å². The summed E-state index contributed by atoms with van der Waals surface area (Å²) in [5.74, 6) is -0.425. The van der Waals surface area contributed by atoms with Gasteiger partial charge in [0.05, 0.1) is 11.8 Å². The van der Waals surface area contributed by atoms with E-state index in [1.165, 1.54) is 0 Å². The molecule has 2 saturated carbocycles. The van der Waals surface area contributed by atoms with Crippen molar-refractivity contribution in [1.29, 1.82) is 0 Å². The third-order valence-corrected chi connectivity index (χ3v) is 6.93. The van der Waals surface area contributed by atoms with Crippen molar-refractivity contribution in [2.24, 2.45) is 23.7 Å². The number of esters is 2. The Morgan fingerprint density at radius 1 is 1.00 bits per heavy atom. The fourth-order valence-electron chi connectivity index (χ4n) is 3.15. The molecule has 0 aromatic carbocycles. The molecule has 6 atom stereocenters. The summed E-state index contributed by atoms with van der Waals surface area (Å²) in [6, 6.07) is 0. The zero-order valence-electron chi connectivity index (χ0n) is 7.15. The van der Waals surface area contributed by atoms with Crippen LogP contribution in [0.1, 0.15) is 6.42 Å². The van der Waals surface area contributed by atoms with Gasteiger partial charge in [0.2, 0.25) is 0 Å². The van der Waals surface area contributed by atoms with Gasteiger partial charge in [-0.25, -0.2) is 0 Å². The minimum atomic E-state index is -0.309. The maximum Gasteiger partial charge on any atom is 0.317 e. The van der Waals surface area contributed by atoms with Crippen molar-refractivity contribution in [3.8, 4) is 0 Å². The molecule has 0 aromatic heterocycles. The van der Waals surface area contributed by atoms with Gasteiger partial charge in [-0.05, 0) is 18.3 Å². The molecule has 3 fully saturated rings. The molecule has 3 aliphatic rings. The predicted octanol–water partition coefficient (Wildman–Crippen LogP) is 1.48. The molecule has 0 radical (unpaired) electrons. The summed E-state index contributed by atoms with van der Waals surface area (Å²) >= 11 is 7.16. The highest BCUT2D eigenvalue weighted by atomic mass is 79.9. The number of cyclic esters (lactones) is 2. The first-order valence-electron chi connectivity index (χ1n) is 4.65. The quantitative estimate of drug-likeness (QED) is 0.385. The van der Waals surface area contributed by atoms with Gasteiger partial charge < -0.3 is 4.74 Å². The van der Waals surface area contributed by atoms with Crippen molar-refractivity contribution in [3.05, 3.63) is 0 Å². The summed E-state index contributed by atoms with van der Waals surface area (Å²) in [6.45, 7) is 0. The molecule has 14 heavy (non-hydrogen) atoms. The molecule has 0 spiro atoms. The molecule has 1 saturated heterocycles. The van der Waals surface area contributed by atoms with E-state index in [-0.39, 0.29) is 35.6 Å². The lowest BCUT2D eigenvalue weighted by Gasteiger charge is -2.27. The number of alkyl halides is 2. The van der Waals surface area contributed by atoms with Crippen molar-refractivity contribution in [1.82, 2.24) is 0 Å². The van der Waals surface area contributed by atoms with Gasteiger partial charge in [0.1, 0.15) is 0 Å². The molecular weight excluding hydrogens is 316 g/mol. The maximum absolute atomic E-state index is 11.4. The van der Waals surface area contributed by atoms with E-state index in [9.17, 15) is 9.59 Å². The van der Waals surface area contributed by atoms with Crippen LogP contribution < -0.4 is 0 Å². The van der Waals surface area contributed by atoms with Crippen molar-refractivity contribution in [2.45, 2.75) is 16.1 Å². The zero-order chi connectivity index (χ0) is 10.0. The van der Waals surface area contributed by atoms with Crippen LogP contribution in [0.4, 0.5) is 0 Å². The number of carbonyl (C=O) groups excluding carboxylic acids is 2. The van der Waals surface area contributed by atoms with Gasteiger partial charge in [0, 0.05) is 9.65 Å². The molecule has 5 heteroatoms. The van der Waals surface area contributed by atoms with Crippen LogP contribution in [0.15, 0.2) is 0 Å². The molecule has 1 heterocycles. The average Bonchev–Trinajstić information content (AvgIpc) is 2.71. The molecule has 3 nitrogen and oxygen atoms in total. The number of rotatable bonds is 0. The number of hydrogen-bond acceptors (Lipinski definition) is 3. The third kappa shape index (κ3) is 0.927.